The number of hydrogen-bond donors (Lipinski definition) is 0. The fourth-order valence-corrected chi connectivity index (χ4v) is 6.91. The van der Waals surface area contributed by atoms with Gasteiger partial charge in [-0.2, -0.15) is 0 Å². The fraction of sp³-hybridized carbons (Fsp3) is 0.0286. The van der Waals surface area contributed by atoms with E-state index in [1.807, 2.05) is 6.07 Å². The van der Waals surface area contributed by atoms with Crippen molar-refractivity contribution in [3.05, 3.63) is 161 Å². The second kappa shape index (κ2) is 7.59. The number of para-hydroxylation sites is 1. The summed E-state index contributed by atoms with van der Waals surface area (Å²) in [7, 11) is 0. The molecule has 6 aromatic rings. The zero-order valence-electron chi connectivity index (χ0n) is 20.0. The maximum Gasteiger partial charge on any atom is 0.0754 e. The molecule has 0 fully saturated rings. The monoisotopic (exact) mass is 491 g/mol. The largest absolute Gasteiger partial charge is 0.309 e. The van der Waals surface area contributed by atoms with Crippen molar-refractivity contribution in [1.82, 2.24) is 0 Å². The molecule has 0 saturated heterocycles. The molecule has 0 atom stereocenters. The van der Waals surface area contributed by atoms with Crippen LogP contribution in [0.25, 0.3) is 21.9 Å². The van der Waals surface area contributed by atoms with Crippen molar-refractivity contribution in [3.63, 3.8) is 0 Å². The van der Waals surface area contributed by atoms with Gasteiger partial charge in [0, 0.05) is 10.4 Å². The summed E-state index contributed by atoms with van der Waals surface area (Å²) in [6.45, 7) is 0. The lowest BCUT2D eigenvalue weighted by Gasteiger charge is -2.45. The van der Waals surface area contributed by atoms with Crippen molar-refractivity contribution >= 4 is 39.4 Å². The average Bonchev–Trinajstić information content (AvgIpc) is 3.25. The van der Waals surface area contributed by atoms with Crippen LogP contribution in [0.3, 0.4) is 0 Å². The highest BCUT2D eigenvalue weighted by molar-refractivity contribution is 6.30. The molecule has 1 spiro atoms. The lowest BCUT2D eigenvalue weighted by Crippen LogP contribution is -2.36. The first-order chi connectivity index (χ1) is 18.3. The molecule has 0 bridgehead atoms. The van der Waals surface area contributed by atoms with Crippen molar-refractivity contribution in [3.8, 4) is 11.1 Å². The highest BCUT2D eigenvalue weighted by Gasteiger charge is 2.51. The molecule has 0 unspecified atom stereocenters. The van der Waals surface area contributed by atoms with Crippen LogP contribution in [0.1, 0.15) is 22.3 Å². The summed E-state index contributed by atoms with van der Waals surface area (Å²) >= 11 is 6.79. The van der Waals surface area contributed by atoms with Gasteiger partial charge < -0.3 is 4.90 Å². The lowest BCUT2D eigenvalue weighted by molar-refractivity contribution is 0.753. The van der Waals surface area contributed by atoms with Gasteiger partial charge in [0.15, 0.2) is 0 Å². The zero-order valence-corrected chi connectivity index (χ0v) is 20.8. The maximum absolute atomic E-state index is 6.79. The molecule has 0 aromatic heterocycles. The summed E-state index contributed by atoms with van der Waals surface area (Å²) in [4.78, 5) is 2.43. The molecule has 0 saturated carbocycles. The first kappa shape index (κ1) is 20.8. The van der Waals surface area contributed by atoms with Gasteiger partial charge in [-0.1, -0.05) is 115 Å². The van der Waals surface area contributed by atoms with E-state index in [1.165, 1.54) is 55.5 Å². The lowest BCUT2D eigenvalue weighted by atomic mass is 9.64. The molecule has 2 aliphatic rings. The Morgan fingerprint density at radius 1 is 0.459 bits per heavy atom. The molecule has 2 heteroatoms. The Labute approximate surface area is 221 Å². The number of rotatable bonds is 1. The van der Waals surface area contributed by atoms with E-state index in [2.05, 4.69) is 132 Å². The van der Waals surface area contributed by atoms with Crippen LogP contribution >= 0.6 is 11.6 Å². The van der Waals surface area contributed by atoms with Crippen LogP contribution in [-0.2, 0) is 5.41 Å². The molecule has 1 nitrogen and oxygen atoms in total. The van der Waals surface area contributed by atoms with Gasteiger partial charge in [0.2, 0.25) is 0 Å². The third-order valence-corrected chi connectivity index (χ3v) is 8.35. The summed E-state index contributed by atoms with van der Waals surface area (Å²) in [5, 5.41) is 3.20. The molecule has 0 amide bonds. The van der Waals surface area contributed by atoms with Crippen LogP contribution in [0.2, 0.25) is 5.02 Å². The van der Waals surface area contributed by atoms with E-state index >= 15 is 0 Å². The molecular weight excluding hydrogens is 470 g/mol. The molecule has 1 aliphatic heterocycles. The normalized spacial score (nSPS) is 14.2. The maximum atomic E-state index is 6.79. The van der Waals surface area contributed by atoms with E-state index < -0.39 is 5.41 Å². The SMILES string of the molecule is Clc1ccc2c(c1)C1(c3ccccc3-c3ccccc31)c1ccccc1N2c1cccc2ccccc12. The predicted molar refractivity (Wildman–Crippen MR) is 155 cm³/mol. The summed E-state index contributed by atoms with van der Waals surface area (Å²) in [5.41, 5.74) is 10.8. The van der Waals surface area contributed by atoms with Gasteiger partial charge in [0.25, 0.3) is 0 Å². The number of hydrogen-bond acceptors (Lipinski definition) is 1. The van der Waals surface area contributed by atoms with Gasteiger partial charge in [-0.3, -0.25) is 0 Å². The van der Waals surface area contributed by atoms with Crippen molar-refractivity contribution < 1.29 is 0 Å². The molecular formula is C35H22ClN. The van der Waals surface area contributed by atoms with Crippen LogP contribution < -0.4 is 4.90 Å². The number of anilines is 3. The van der Waals surface area contributed by atoms with Crippen LogP contribution in [-0.4, -0.2) is 0 Å². The van der Waals surface area contributed by atoms with Gasteiger partial charge in [-0.05, 0) is 69.1 Å². The van der Waals surface area contributed by atoms with Gasteiger partial charge in [0.05, 0.1) is 22.5 Å². The molecule has 1 heterocycles. The molecule has 8 rings (SSSR count). The van der Waals surface area contributed by atoms with Crippen molar-refractivity contribution in [2.75, 3.05) is 4.90 Å². The topological polar surface area (TPSA) is 3.24 Å². The Morgan fingerprint density at radius 2 is 1.03 bits per heavy atom. The highest BCUT2D eigenvalue weighted by Crippen LogP contribution is 2.63. The zero-order chi connectivity index (χ0) is 24.6. The third-order valence-electron chi connectivity index (χ3n) is 8.11. The quantitative estimate of drug-likeness (QED) is 0.221. The molecule has 37 heavy (non-hydrogen) atoms. The Balaban J connectivity index is 1.56. The minimum Gasteiger partial charge on any atom is -0.309 e. The van der Waals surface area contributed by atoms with Crippen LogP contribution in [0.5, 0.6) is 0 Å². The molecule has 0 radical (unpaired) electrons. The first-order valence-corrected chi connectivity index (χ1v) is 13.0. The van der Waals surface area contributed by atoms with Crippen LogP contribution in [0, 0.1) is 0 Å². The van der Waals surface area contributed by atoms with Crippen LogP contribution in [0.4, 0.5) is 17.1 Å². The van der Waals surface area contributed by atoms with E-state index in [9.17, 15) is 0 Å². The number of benzene rings is 6. The Hall–Kier alpha value is -4.33. The minimum atomic E-state index is -0.453. The Kier molecular flexibility index (Phi) is 4.27. The smallest absolute Gasteiger partial charge is 0.0754 e. The minimum absolute atomic E-state index is 0.453. The molecule has 1 aliphatic carbocycles. The van der Waals surface area contributed by atoms with Gasteiger partial charge in [0.1, 0.15) is 0 Å². The van der Waals surface area contributed by atoms with E-state index in [-0.39, 0.29) is 0 Å². The van der Waals surface area contributed by atoms with Gasteiger partial charge in [-0.15, -0.1) is 0 Å². The van der Waals surface area contributed by atoms with Crippen molar-refractivity contribution in [1.29, 1.82) is 0 Å². The standard InChI is InChI=1S/C35H22ClN/c36-24-20-21-34-31(22-24)35(28-15-5-3-13-26(28)27-14-4-6-16-29(27)35)30-17-7-8-18-33(30)37(34)32-19-9-11-23-10-1-2-12-25(23)32/h1-22H. The van der Waals surface area contributed by atoms with Crippen LogP contribution in [0.15, 0.2) is 133 Å². The molecule has 6 aromatic carbocycles. The van der Waals surface area contributed by atoms with Crippen molar-refractivity contribution in [2.24, 2.45) is 0 Å². The van der Waals surface area contributed by atoms with Gasteiger partial charge in [-0.25, -0.2) is 0 Å². The summed E-state index contributed by atoms with van der Waals surface area (Å²) in [6.07, 6.45) is 0. The molecule has 0 N–H and O–H groups in total. The number of fused-ring (bicyclic) bond motifs is 10. The van der Waals surface area contributed by atoms with Crippen molar-refractivity contribution in [2.45, 2.75) is 5.41 Å². The molecule has 174 valence electrons. The Bertz CT molecular complexity index is 1820. The van der Waals surface area contributed by atoms with E-state index in [0.717, 1.165) is 10.7 Å². The average molecular weight is 492 g/mol. The second-order valence-corrected chi connectivity index (χ2v) is 10.3. The fourth-order valence-electron chi connectivity index (χ4n) is 6.74. The highest BCUT2D eigenvalue weighted by atomic mass is 35.5. The van der Waals surface area contributed by atoms with E-state index in [1.54, 1.807) is 0 Å². The number of nitrogens with zero attached hydrogens (tertiary/aromatic N) is 1. The Morgan fingerprint density at radius 3 is 1.81 bits per heavy atom. The summed E-state index contributed by atoms with van der Waals surface area (Å²) < 4.78 is 0. The predicted octanol–water partition coefficient (Wildman–Crippen LogP) is 9.64. The summed E-state index contributed by atoms with van der Waals surface area (Å²) in [6, 6.07) is 48.2. The number of halogens is 1. The first-order valence-electron chi connectivity index (χ1n) is 12.7. The van der Waals surface area contributed by atoms with E-state index in [4.69, 9.17) is 11.6 Å². The van der Waals surface area contributed by atoms with E-state index in [0.29, 0.717) is 0 Å². The second-order valence-electron chi connectivity index (χ2n) is 9.85. The summed E-state index contributed by atoms with van der Waals surface area (Å²) in [5.74, 6) is 0. The van der Waals surface area contributed by atoms with Gasteiger partial charge >= 0.3 is 0 Å². The third kappa shape index (κ3) is 2.64.